The molecule has 0 bridgehead atoms. The fourth-order valence-corrected chi connectivity index (χ4v) is 1.42. The molecule has 0 aliphatic heterocycles. The molecule has 0 fully saturated rings. The lowest BCUT2D eigenvalue weighted by Crippen LogP contribution is -2.40. The Morgan fingerprint density at radius 2 is 2.07 bits per heavy atom. The van der Waals surface area contributed by atoms with Crippen LogP contribution in [0, 0.1) is 11.3 Å². The molecule has 0 aliphatic carbocycles. The molecule has 3 nitrogen and oxygen atoms in total. The van der Waals surface area contributed by atoms with Crippen LogP contribution in [-0.4, -0.2) is 18.5 Å². The van der Waals surface area contributed by atoms with Crippen molar-refractivity contribution in [2.45, 2.75) is 40.2 Å². The van der Waals surface area contributed by atoms with Gasteiger partial charge >= 0.3 is 0 Å². The standard InChI is InChI=1S/C12H24N2O/c1-6-9(2)14-11(15)10(8-13)7-12(3,4)5/h6,9-10H,1,7-8,13H2,2-5H3,(H,14,15). The van der Waals surface area contributed by atoms with E-state index in [4.69, 9.17) is 5.73 Å². The Hall–Kier alpha value is -0.830. The first-order valence-corrected chi connectivity index (χ1v) is 5.43. The van der Waals surface area contributed by atoms with E-state index in [9.17, 15) is 4.79 Å². The molecule has 0 saturated heterocycles. The maximum atomic E-state index is 11.8. The molecule has 2 unspecified atom stereocenters. The van der Waals surface area contributed by atoms with Crippen molar-refractivity contribution in [3.63, 3.8) is 0 Å². The van der Waals surface area contributed by atoms with E-state index < -0.39 is 0 Å². The Kier molecular flexibility index (Phi) is 5.58. The Labute approximate surface area is 93.1 Å². The maximum absolute atomic E-state index is 11.8. The minimum atomic E-state index is -0.104. The van der Waals surface area contributed by atoms with Crippen molar-refractivity contribution in [1.82, 2.24) is 5.32 Å². The molecule has 1 amide bonds. The van der Waals surface area contributed by atoms with E-state index in [1.54, 1.807) is 6.08 Å². The first-order chi connectivity index (χ1) is 6.80. The Morgan fingerprint density at radius 1 is 1.53 bits per heavy atom. The predicted octanol–water partition coefficient (Wildman–Crippen LogP) is 1.69. The van der Waals surface area contributed by atoms with Crippen LogP contribution in [0.2, 0.25) is 0 Å². The van der Waals surface area contributed by atoms with Gasteiger partial charge in [-0.3, -0.25) is 4.79 Å². The third kappa shape index (κ3) is 6.28. The molecule has 0 radical (unpaired) electrons. The summed E-state index contributed by atoms with van der Waals surface area (Å²) < 4.78 is 0. The van der Waals surface area contributed by atoms with E-state index in [0.717, 1.165) is 6.42 Å². The number of carbonyl (C=O) groups excluding carboxylic acids is 1. The molecule has 0 heterocycles. The van der Waals surface area contributed by atoms with Crippen LogP contribution in [0.4, 0.5) is 0 Å². The molecule has 0 aromatic carbocycles. The van der Waals surface area contributed by atoms with Gasteiger partial charge in [0.25, 0.3) is 0 Å². The smallest absolute Gasteiger partial charge is 0.224 e. The summed E-state index contributed by atoms with van der Waals surface area (Å²) in [6.07, 6.45) is 2.52. The van der Waals surface area contributed by atoms with Crippen LogP contribution >= 0.6 is 0 Å². The number of hydrogen-bond donors (Lipinski definition) is 2. The lowest BCUT2D eigenvalue weighted by atomic mass is 9.84. The van der Waals surface area contributed by atoms with Crippen LogP contribution in [0.25, 0.3) is 0 Å². The molecular weight excluding hydrogens is 188 g/mol. The minimum absolute atomic E-state index is 0.00604. The quantitative estimate of drug-likeness (QED) is 0.681. The molecule has 88 valence electrons. The summed E-state index contributed by atoms with van der Waals surface area (Å²) in [4.78, 5) is 11.8. The topological polar surface area (TPSA) is 55.1 Å². The second-order valence-electron chi connectivity index (χ2n) is 5.23. The Balaban J connectivity index is 4.28. The van der Waals surface area contributed by atoms with E-state index in [1.807, 2.05) is 6.92 Å². The van der Waals surface area contributed by atoms with Crippen molar-refractivity contribution in [3.8, 4) is 0 Å². The van der Waals surface area contributed by atoms with Crippen LogP contribution < -0.4 is 11.1 Å². The summed E-state index contributed by atoms with van der Waals surface area (Å²) in [5.74, 6) is -0.0766. The number of rotatable bonds is 5. The van der Waals surface area contributed by atoms with Crippen molar-refractivity contribution in [3.05, 3.63) is 12.7 Å². The average molecular weight is 212 g/mol. The molecule has 0 aliphatic rings. The average Bonchev–Trinajstić information content (AvgIpc) is 2.12. The summed E-state index contributed by atoms with van der Waals surface area (Å²) in [7, 11) is 0. The van der Waals surface area contributed by atoms with Gasteiger partial charge in [0.15, 0.2) is 0 Å². The summed E-state index contributed by atoms with van der Waals surface area (Å²) in [6, 6.07) is 0.00604. The fourth-order valence-electron chi connectivity index (χ4n) is 1.42. The number of hydrogen-bond acceptors (Lipinski definition) is 2. The zero-order chi connectivity index (χ0) is 12.1. The number of nitrogens with one attached hydrogen (secondary N) is 1. The van der Waals surface area contributed by atoms with Crippen LogP contribution in [0.3, 0.4) is 0 Å². The molecule has 0 spiro atoms. The van der Waals surface area contributed by atoms with Crippen molar-refractivity contribution in [1.29, 1.82) is 0 Å². The number of nitrogens with two attached hydrogens (primary N) is 1. The molecule has 0 rings (SSSR count). The molecule has 0 saturated carbocycles. The molecule has 15 heavy (non-hydrogen) atoms. The van der Waals surface area contributed by atoms with Gasteiger partial charge in [0.2, 0.25) is 5.91 Å². The highest BCUT2D eigenvalue weighted by molar-refractivity contribution is 5.79. The molecule has 2 atom stereocenters. The van der Waals surface area contributed by atoms with Gasteiger partial charge in [-0.2, -0.15) is 0 Å². The molecule has 0 aromatic rings. The van der Waals surface area contributed by atoms with Gasteiger partial charge in [0.05, 0.1) is 5.92 Å². The third-order valence-corrected chi connectivity index (χ3v) is 2.24. The largest absolute Gasteiger partial charge is 0.350 e. The Bertz CT molecular complexity index is 218. The van der Waals surface area contributed by atoms with E-state index >= 15 is 0 Å². The van der Waals surface area contributed by atoms with Gasteiger partial charge in [-0.15, -0.1) is 6.58 Å². The van der Waals surface area contributed by atoms with E-state index in [0.29, 0.717) is 6.54 Å². The van der Waals surface area contributed by atoms with Crippen molar-refractivity contribution < 1.29 is 4.79 Å². The maximum Gasteiger partial charge on any atom is 0.224 e. The zero-order valence-corrected chi connectivity index (χ0v) is 10.3. The van der Waals surface area contributed by atoms with Crippen LogP contribution in [0.5, 0.6) is 0 Å². The van der Waals surface area contributed by atoms with Crippen molar-refractivity contribution >= 4 is 5.91 Å². The molecular formula is C12H24N2O. The summed E-state index contributed by atoms with van der Waals surface area (Å²) in [5, 5.41) is 2.87. The highest BCUT2D eigenvalue weighted by Gasteiger charge is 2.23. The molecule has 3 heteroatoms. The van der Waals surface area contributed by atoms with Gasteiger partial charge in [-0.25, -0.2) is 0 Å². The second-order valence-corrected chi connectivity index (χ2v) is 5.23. The number of amides is 1. The van der Waals surface area contributed by atoms with E-state index in [-0.39, 0.29) is 23.3 Å². The van der Waals surface area contributed by atoms with Crippen LogP contribution in [0.1, 0.15) is 34.1 Å². The first-order valence-electron chi connectivity index (χ1n) is 5.43. The SMILES string of the molecule is C=CC(C)NC(=O)C(CN)CC(C)(C)C. The van der Waals surface area contributed by atoms with Crippen molar-refractivity contribution in [2.75, 3.05) is 6.54 Å². The predicted molar refractivity (Wildman–Crippen MR) is 64.4 cm³/mol. The monoisotopic (exact) mass is 212 g/mol. The van der Waals surface area contributed by atoms with Gasteiger partial charge in [-0.05, 0) is 18.8 Å². The van der Waals surface area contributed by atoms with Crippen LogP contribution in [-0.2, 0) is 4.79 Å². The summed E-state index contributed by atoms with van der Waals surface area (Å²) in [6.45, 7) is 12.3. The lowest BCUT2D eigenvalue weighted by molar-refractivity contribution is -0.125. The van der Waals surface area contributed by atoms with Gasteiger partial charge in [-0.1, -0.05) is 26.8 Å². The summed E-state index contributed by atoms with van der Waals surface area (Å²) in [5.41, 5.74) is 5.74. The highest BCUT2D eigenvalue weighted by Crippen LogP contribution is 2.24. The molecule has 3 N–H and O–H groups in total. The summed E-state index contributed by atoms with van der Waals surface area (Å²) >= 11 is 0. The van der Waals surface area contributed by atoms with E-state index in [1.165, 1.54) is 0 Å². The van der Waals surface area contributed by atoms with Crippen LogP contribution in [0.15, 0.2) is 12.7 Å². The molecule has 0 aromatic heterocycles. The first kappa shape index (κ1) is 14.2. The normalized spacial score (nSPS) is 15.5. The fraction of sp³-hybridized carbons (Fsp3) is 0.750. The van der Waals surface area contributed by atoms with Crippen molar-refractivity contribution in [2.24, 2.45) is 17.1 Å². The minimum Gasteiger partial charge on any atom is -0.350 e. The van der Waals surface area contributed by atoms with E-state index in [2.05, 4.69) is 32.7 Å². The third-order valence-electron chi connectivity index (χ3n) is 2.24. The zero-order valence-electron chi connectivity index (χ0n) is 10.3. The lowest BCUT2D eigenvalue weighted by Gasteiger charge is -2.25. The van der Waals surface area contributed by atoms with Gasteiger partial charge in [0, 0.05) is 12.6 Å². The number of carbonyl (C=O) groups is 1. The second kappa shape index (κ2) is 5.91. The highest BCUT2D eigenvalue weighted by atomic mass is 16.1. The van der Waals surface area contributed by atoms with Gasteiger partial charge < -0.3 is 11.1 Å². The van der Waals surface area contributed by atoms with Gasteiger partial charge in [0.1, 0.15) is 0 Å². The Morgan fingerprint density at radius 3 is 2.40 bits per heavy atom.